The number of rotatable bonds is 1. The molecule has 1 unspecified atom stereocenters. The van der Waals surface area contributed by atoms with E-state index in [1.807, 2.05) is 24.3 Å². The van der Waals surface area contributed by atoms with Crippen LogP contribution in [0.5, 0.6) is 0 Å². The molecule has 0 spiro atoms. The van der Waals surface area contributed by atoms with Gasteiger partial charge in [-0.25, -0.2) is 5.43 Å². The maximum Gasteiger partial charge on any atom is 0.247 e. The summed E-state index contributed by atoms with van der Waals surface area (Å²) in [6.45, 7) is 0. The number of pyridine rings is 1. The smallest absolute Gasteiger partial charge is 0.247 e. The minimum atomic E-state index is -0.497. The topological polar surface area (TPSA) is 80.0 Å². The van der Waals surface area contributed by atoms with Gasteiger partial charge in [0.2, 0.25) is 5.91 Å². The number of hydrazine groups is 1. The molecule has 0 saturated carbocycles. The number of carbonyl (C=O) groups excluding carboxylic acids is 1. The number of fused-ring (bicyclic) bond motifs is 3. The Morgan fingerprint density at radius 3 is 3.06 bits per heavy atom. The largest absolute Gasteiger partial charge is 0.324 e. The molecule has 1 aliphatic heterocycles. The van der Waals surface area contributed by atoms with E-state index in [1.54, 1.807) is 6.20 Å². The van der Waals surface area contributed by atoms with E-state index in [2.05, 4.69) is 15.7 Å². The monoisotopic (exact) mass is 214 g/mol. The highest BCUT2D eigenvalue weighted by Crippen LogP contribution is 2.35. The normalized spacial score (nSPS) is 18.6. The number of hydrogen-bond acceptors (Lipinski definition) is 4. The van der Waals surface area contributed by atoms with Gasteiger partial charge in [-0.3, -0.25) is 15.6 Å². The van der Waals surface area contributed by atoms with Crippen LogP contribution in [0, 0.1) is 0 Å². The zero-order chi connectivity index (χ0) is 11.1. The lowest BCUT2D eigenvalue weighted by Gasteiger charge is -2.09. The quantitative estimate of drug-likeness (QED) is 0.482. The lowest BCUT2D eigenvalue weighted by Crippen LogP contribution is -2.32. The van der Waals surface area contributed by atoms with Gasteiger partial charge in [0, 0.05) is 22.8 Å². The van der Waals surface area contributed by atoms with Crippen molar-refractivity contribution in [1.29, 1.82) is 0 Å². The van der Waals surface area contributed by atoms with E-state index in [-0.39, 0.29) is 5.91 Å². The van der Waals surface area contributed by atoms with E-state index >= 15 is 0 Å². The first-order chi connectivity index (χ1) is 7.81. The van der Waals surface area contributed by atoms with Gasteiger partial charge in [0.25, 0.3) is 0 Å². The average Bonchev–Trinajstić information content (AvgIpc) is 2.65. The van der Waals surface area contributed by atoms with E-state index in [0.29, 0.717) is 0 Å². The fraction of sp³-hybridized carbons (Fsp3) is 0.0909. The van der Waals surface area contributed by atoms with Crippen LogP contribution in [0.15, 0.2) is 30.5 Å². The number of hydrogen-bond donors (Lipinski definition) is 3. The number of benzene rings is 1. The molecule has 5 nitrogen and oxygen atoms in total. The molecule has 1 aliphatic rings. The molecular weight excluding hydrogens is 204 g/mol. The second-order valence-electron chi connectivity index (χ2n) is 3.69. The number of nitrogens with zero attached hydrogens (tertiary/aromatic N) is 1. The summed E-state index contributed by atoms with van der Waals surface area (Å²) in [5.74, 6) is 5.27. The third-order valence-electron chi connectivity index (χ3n) is 2.80. The summed E-state index contributed by atoms with van der Waals surface area (Å²) < 4.78 is 0. The van der Waals surface area contributed by atoms with E-state index in [0.717, 1.165) is 22.2 Å². The van der Waals surface area contributed by atoms with Crippen LogP contribution in [0.25, 0.3) is 10.9 Å². The van der Waals surface area contributed by atoms with Crippen molar-refractivity contribution < 1.29 is 4.79 Å². The fourth-order valence-electron chi connectivity index (χ4n) is 2.09. The Hall–Kier alpha value is -1.98. The van der Waals surface area contributed by atoms with Gasteiger partial charge in [-0.2, -0.15) is 0 Å². The van der Waals surface area contributed by atoms with Crippen molar-refractivity contribution in [2.45, 2.75) is 6.04 Å². The second-order valence-corrected chi connectivity index (χ2v) is 3.69. The number of nitrogens with one attached hydrogen (secondary N) is 2. The van der Waals surface area contributed by atoms with Crippen LogP contribution in [-0.4, -0.2) is 10.9 Å². The molecule has 1 amide bonds. The second kappa shape index (κ2) is 3.26. The summed E-state index contributed by atoms with van der Waals surface area (Å²) in [5, 5.41) is 3.73. The van der Waals surface area contributed by atoms with Gasteiger partial charge in [0.05, 0.1) is 5.52 Å². The number of nitrogens with two attached hydrogens (primary N) is 1. The molecule has 80 valence electrons. The highest BCUT2D eigenvalue weighted by Gasteiger charge is 2.31. The van der Waals surface area contributed by atoms with E-state index in [1.165, 1.54) is 0 Å². The van der Waals surface area contributed by atoms with E-state index in [4.69, 9.17) is 5.84 Å². The number of amides is 1. The Balaban J connectivity index is 2.35. The molecule has 0 bridgehead atoms. The van der Waals surface area contributed by atoms with Gasteiger partial charge in [-0.15, -0.1) is 0 Å². The SMILES string of the molecule is NNC1C(=O)Nc2ccc3ncccc3c21. The van der Waals surface area contributed by atoms with Crippen LogP contribution in [0.3, 0.4) is 0 Å². The van der Waals surface area contributed by atoms with Gasteiger partial charge in [-0.05, 0) is 18.2 Å². The first-order valence-electron chi connectivity index (χ1n) is 4.96. The number of anilines is 1. The van der Waals surface area contributed by atoms with Gasteiger partial charge in [0.1, 0.15) is 6.04 Å². The maximum atomic E-state index is 11.6. The minimum absolute atomic E-state index is 0.131. The Bertz CT molecular complexity index is 581. The van der Waals surface area contributed by atoms with Crippen molar-refractivity contribution in [3.05, 3.63) is 36.0 Å². The summed E-state index contributed by atoms with van der Waals surface area (Å²) in [7, 11) is 0. The lowest BCUT2D eigenvalue weighted by molar-refractivity contribution is -0.117. The molecule has 2 heterocycles. The van der Waals surface area contributed by atoms with Gasteiger partial charge < -0.3 is 5.32 Å². The van der Waals surface area contributed by atoms with Gasteiger partial charge in [0.15, 0.2) is 0 Å². The molecule has 16 heavy (non-hydrogen) atoms. The third-order valence-corrected chi connectivity index (χ3v) is 2.80. The van der Waals surface area contributed by atoms with Crippen molar-refractivity contribution in [2.24, 2.45) is 5.84 Å². The molecule has 1 aromatic heterocycles. The van der Waals surface area contributed by atoms with Crippen molar-refractivity contribution in [3.8, 4) is 0 Å². The predicted molar refractivity (Wildman–Crippen MR) is 60.4 cm³/mol. The zero-order valence-corrected chi connectivity index (χ0v) is 8.40. The molecule has 1 atom stereocenters. The van der Waals surface area contributed by atoms with Crippen LogP contribution >= 0.6 is 0 Å². The maximum absolute atomic E-state index is 11.6. The highest BCUT2D eigenvalue weighted by molar-refractivity contribution is 6.08. The summed E-state index contributed by atoms with van der Waals surface area (Å²) in [6.07, 6.45) is 1.73. The van der Waals surface area contributed by atoms with Crippen LogP contribution in [0.4, 0.5) is 5.69 Å². The molecule has 1 aromatic carbocycles. The van der Waals surface area contributed by atoms with E-state index < -0.39 is 6.04 Å². The minimum Gasteiger partial charge on any atom is -0.324 e. The third kappa shape index (κ3) is 1.13. The van der Waals surface area contributed by atoms with Gasteiger partial charge in [-0.1, -0.05) is 6.07 Å². The Labute approximate surface area is 91.6 Å². The summed E-state index contributed by atoms with van der Waals surface area (Å²) in [4.78, 5) is 15.9. The molecule has 5 heteroatoms. The molecule has 0 fully saturated rings. The zero-order valence-electron chi connectivity index (χ0n) is 8.40. The van der Waals surface area contributed by atoms with Crippen LogP contribution < -0.4 is 16.6 Å². The number of carbonyl (C=O) groups is 1. The van der Waals surface area contributed by atoms with E-state index in [9.17, 15) is 4.79 Å². The van der Waals surface area contributed by atoms with Crippen molar-refractivity contribution in [3.63, 3.8) is 0 Å². The first-order valence-corrected chi connectivity index (χ1v) is 4.96. The summed E-state index contributed by atoms with van der Waals surface area (Å²) >= 11 is 0. The summed E-state index contributed by atoms with van der Waals surface area (Å²) in [5.41, 5.74) is 5.05. The average molecular weight is 214 g/mol. The Morgan fingerprint density at radius 1 is 1.38 bits per heavy atom. The summed E-state index contributed by atoms with van der Waals surface area (Å²) in [6, 6.07) is 7.01. The molecule has 0 saturated heterocycles. The van der Waals surface area contributed by atoms with Crippen LogP contribution in [0.1, 0.15) is 11.6 Å². The molecule has 3 rings (SSSR count). The number of aromatic nitrogens is 1. The predicted octanol–water partition coefficient (Wildman–Crippen LogP) is 0.691. The van der Waals surface area contributed by atoms with Crippen molar-refractivity contribution in [1.82, 2.24) is 10.4 Å². The Kier molecular flexibility index (Phi) is 1.89. The molecule has 2 aromatic rings. The lowest BCUT2D eigenvalue weighted by atomic mass is 10.0. The van der Waals surface area contributed by atoms with Crippen molar-refractivity contribution >= 4 is 22.5 Å². The highest BCUT2D eigenvalue weighted by atomic mass is 16.2. The van der Waals surface area contributed by atoms with Crippen LogP contribution in [-0.2, 0) is 4.79 Å². The standard InChI is InChI=1S/C11H10N4O/c12-15-10-9-6-2-1-5-13-7(6)3-4-8(9)14-11(10)16/h1-5,10,15H,12H2,(H,14,16). The Morgan fingerprint density at radius 2 is 2.25 bits per heavy atom. The molecule has 0 radical (unpaired) electrons. The molecular formula is C11H10N4O. The van der Waals surface area contributed by atoms with Crippen molar-refractivity contribution in [2.75, 3.05) is 5.32 Å². The molecule has 4 N–H and O–H groups in total. The van der Waals surface area contributed by atoms with Gasteiger partial charge >= 0.3 is 0 Å². The molecule has 0 aliphatic carbocycles. The van der Waals surface area contributed by atoms with Crippen LogP contribution in [0.2, 0.25) is 0 Å². The fourth-order valence-corrected chi connectivity index (χ4v) is 2.09. The first kappa shape index (κ1) is 9.26.